The van der Waals surface area contributed by atoms with Crippen LogP contribution in [-0.4, -0.2) is 59.1 Å². The van der Waals surface area contributed by atoms with E-state index in [0.29, 0.717) is 19.4 Å². The van der Waals surface area contributed by atoms with E-state index >= 15 is 0 Å². The lowest BCUT2D eigenvalue weighted by Crippen LogP contribution is -2.70. The highest BCUT2D eigenvalue weighted by atomic mass is 16.6. The van der Waals surface area contributed by atoms with Crippen LogP contribution in [0.1, 0.15) is 58.4 Å². The number of hydrogen-bond acceptors (Lipinski definition) is 6. The Balaban J connectivity index is 1.53. The van der Waals surface area contributed by atoms with Gasteiger partial charge in [0.05, 0.1) is 49.7 Å². The van der Waals surface area contributed by atoms with Crippen LogP contribution in [0.25, 0.3) is 0 Å². The summed E-state index contributed by atoms with van der Waals surface area (Å²) in [5.41, 5.74) is 2.59. The predicted octanol–water partition coefficient (Wildman–Crippen LogP) is 3.02. The third-order valence-electron chi connectivity index (χ3n) is 10.6. The molecule has 32 heavy (non-hydrogen) atoms. The first-order chi connectivity index (χ1) is 15.2. The number of fused-ring (bicyclic) bond motifs is 4. The molecule has 0 spiro atoms. The van der Waals surface area contributed by atoms with Gasteiger partial charge < -0.3 is 29.2 Å². The highest BCUT2D eigenvalue weighted by Crippen LogP contribution is 2.73. The van der Waals surface area contributed by atoms with Crippen molar-refractivity contribution in [3.63, 3.8) is 0 Å². The van der Waals surface area contributed by atoms with Gasteiger partial charge in [0.15, 0.2) is 0 Å². The molecule has 6 nitrogen and oxygen atoms in total. The largest absolute Gasteiger partial charge is 0.472 e. The minimum Gasteiger partial charge on any atom is -0.472 e. The Morgan fingerprint density at radius 3 is 2.59 bits per heavy atom. The number of ether oxygens (including phenoxy) is 2. The molecule has 3 N–H and O–H groups in total. The van der Waals surface area contributed by atoms with Crippen LogP contribution in [-0.2, 0) is 9.47 Å². The second-order valence-corrected chi connectivity index (χ2v) is 11.7. The molecule has 0 radical (unpaired) electrons. The van der Waals surface area contributed by atoms with Crippen molar-refractivity contribution in [2.45, 2.75) is 83.4 Å². The fourth-order valence-electron chi connectivity index (χ4n) is 9.23. The average Bonchev–Trinajstić information content (AvgIpc) is 3.50. The number of allylic oxidation sites excluding steroid dienone is 1. The van der Waals surface area contributed by atoms with Gasteiger partial charge in [-0.1, -0.05) is 26.3 Å². The van der Waals surface area contributed by atoms with Gasteiger partial charge in [-0.3, -0.25) is 0 Å². The zero-order valence-electron chi connectivity index (χ0n) is 19.5. The van der Waals surface area contributed by atoms with Gasteiger partial charge >= 0.3 is 0 Å². The number of furan rings is 1. The Labute approximate surface area is 189 Å². The van der Waals surface area contributed by atoms with Crippen molar-refractivity contribution in [2.24, 2.45) is 28.1 Å². The van der Waals surface area contributed by atoms with Gasteiger partial charge in [-0.25, -0.2) is 0 Å². The van der Waals surface area contributed by atoms with E-state index in [1.807, 2.05) is 12.3 Å². The molecule has 11 atom stereocenters. The maximum Gasteiger partial charge on any atom is 0.0942 e. The number of rotatable bonds is 3. The Bertz CT molecular complexity index is 940. The summed E-state index contributed by atoms with van der Waals surface area (Å²) in [6.07, 6.45) is 3.82. The first kappa shape index (κ1) is 21.4. The highest BCUT2D eigenvalue weighted by molar-refractivity contribution is 5.45. The number of hydrogen-bond donors (Lipinski definition) is 3. The highest BCUT2D eigenvalue weighted by Gasteiger charge is 2.76. The van der Waals surface area contributed by atoms with E-state index in [9.17, 15) is 15.3 Å². The monoisotopic (exact) mass is 444 g/mol. The maximum atomic E-state index is 11.5. The molecule has 6 heteroatoms. The molecule has 5 aliphatic rings. The van der Waals surface area contributed by atoms with Crippen LogP contribution in [0.5, 0.6) is 0 Å². The molecule has 3 heterocycles. The molecule has 6 rings (SSSR count). The van der Waals surface area contributed by atoms with E-state index in [2.05, 4.69) is 27.7 Å². The normalized spacial score (nSPS) is 54.0. The average molecular weight is 445 g/mol. The third kappa shape index (κ3) is 2.28. The molecule has 0 aromatic carbocycles. The smallest absolute Gasteiger partial charge is 0.0942 e. The van der Waals surface area contributed by atoms with Gasteiger partial charge in [0.1, 0.15) is 0 Å². The van der Waals surface area contributed by atoms with Gasteiger partial charge in [0, 0.05) is 41.1 Å². The number of aliphatic hydroxyl groups excluding tert-OH is 3. The topological polar surface area (TPSA) is 92.3 Å². The van der Waals surface area contributed by atoms with Crippen molar-refractivity contribution >= 4 is 0 Å². The summed E-state index contributed by atoms with van der Waals surface area (Å²) in [6, 6.07) is 2.04. The second kappa shape index (κ2) is 6.70. The van der Waals surface area contributed by atoms with Crippen molar-refractivity contribution in [3.8, 4) is 0 Å². The summed E-state index contributed by atoms with van der Waals surface area (Å²) in [5, 5.41) is 32.7. The van der Waals surface area contributed by atoms with Crippen molar-refractivity contribution in [3.05, 3.63) is 35.3 Å². The van der Waals surface area contributed by atoms with Crippen LogP contribution in [0.4, 0.5) is 0 Å². The fraction of sp³-hybridized carbons (Fsp3) is 0.769. The Hall–Kier alpha value is -1.18. The summed E-state index contributed by atoms with van der Waals surface area (Å²) in [4.78, 5) is 0. The van der Waals surface area contributed by atoms with Gasteiger partial charge in [-0.2, -0.15) is 0 Å². The molecule has 2 saturated heterocycles. The lowest BCUT2D eigenvalue weighted by atomic mass is 9.40. The zero-order chi connectivity index (χ0) is 22.6. The number of aliphatic hydroxyl groups is 3. The molecule has 4 fully saturated rings. The Morgan fingerprint density at radius 2 is 1.91 bits per heavy atom. The van der Waals surface area contributed by atoms with Crippen LogP contribution in [0, 0.1) is 28.1 Å². The molecule has 0 bridgehead atoms. The van der Waals surface area contributed by atoms with Gasteiger partial charge in [-0.05, 0) is 42.9 Å². The molecule has 0 amide bonds. The minimum atomic E-state index is -0.653. The summed E-state index contributed by atoms with van der Waals surface area (Å²) in [5.74, 6) is 0.264. The molecule has 1 aromatic heterocycles. The van der Waals surface area contributed by atoms with Crippen LogP contribution in [0.3, 0.4) is 0 Å². The summed E-state index contributed by atoms with van der Waals surface area (Å²) in [6.45, 7) is 9.34. The quantitative estimate of drug-likeness (QED) is 0.621. The van der Waals surface area contributed by atoms with Crippen LogP contribution in [0.2, 0.25) is 0 Å². The summed E-state index contributed by atoms with van der Waals surface area (Å²) in [7, 11) is 0. The minimum absolute atomic E-state index is 0.00682. The van der Waals surface area contributed by atoms with Crippen molar-refractivity contribution < 1.29 is 29.2 Å². The second-order valence-electron chi connectivity index (χ2n) is 11.7. The first-order valence-electron chi connectivity index (χ1n) is 12.2. The van der Waals surface area contributed by atoms with E-state index in [4.69, 9.17) is 13.9 Å². The SMILES string of the molecule is CC1=C2[C@@H](C[C@H]1c1ccoc1)O[C@@H]1C3OC[C@@]4(C)C3[C@](C)([C@H](O)C[C@H]4O)[C@@H](CCO)[C@]21C. The fourth-order valence-corrected chi connectivity index (χ4v) is 9.23. The van der Waals surface area contributed by atoms with Gasteiger partial charge in [0.2, 0.25) is 0 Å². The molecular formula is C26H36O6. The molecule has 2 aliphatic heterocycles. The molecule has 2 saturated carbocycles. The van der Waals surface area contributed by atoms with Crippen LogP contribution < -0.4 is 0 Å². The standard InChI is InChI=1S/C26H36O6/c1-13-15(14-6-8-30-11-14)9-16-20(13)26(4)17(5-7-27)25(3)19(29)10-18(28)24(2)12-31-21(22(24)25)23(26)32-16/h6,8,11,15-19,21-23,27-29H,5,7,9-10,12H2,1-4H3/t15-,16-,17-,18-,19-,21?,22?,23-,24-,25+,26-/m1/s1. The van der Waals surface area contributed by atoms with Crippen LogP contribution >= 0.6 is 0 Å². The first-order valence-corrected chi connectivity index (χ1v) is 12.2. The van der Waals surface area contributed by atoms with Crippen molar-refractivity contribution in [1.82, 2.24) is 0 Å². The predicted molar refractivity (Wildman–Crippen MR) is 117 cm³/mol. The Kier molecular flexibility index (Phi) is 4.47. The van der Waals surface area contributed by atoms with E-state index < -0.39 is 23.0 Å². The lowest BCUT2D eigenvalue weighted by Gasteiger charge is -2.65. The van der Waals surface area contributed by atoms with Gasteiger partial charge in [-0.15, -0.1) is 0 Å². The Morgan fingerprint density at radius 1 is 1.12 bits per heavy atom. The van der Waals surface area contributed by atoms with Crippen molar-refractivity contribution in [1.29, 1.82) is 0 Å². The molecule has 3 aliphatic carbocycles. The van der Waals surface area contributed by atoms with E-state index in [1.54, 1.807) is 6.26 Å². The third-order valence-corrected chi connectivity index (χ3v) is 10.6. The van der Waals surface area contributed by atoms with E-state index in [-0.39, 0.29) is 48.1 Å². The van der Waals surface area contributed by atoms with E-state index in [1.165, 1.54) is 16.7 Å². The zero-order valence-corrected chi connectivity index (χ0v) is 19.5. The molecular weight excluding hydrogens is 408 g/mol. The van der Waals surface area contributed by atoms with E-state index in [0.717, 1.165) is 6.42 Å². The molecule has 2 unspecified atom stereocenters. The summed E-state index contributed by atoms with van der Waals surface area (Å²) >= 11 is 0. The van der Waals surface area contributed by atoms with Crippen LogP contribution in [0.15, 0.2) is 34.2 Å². The maximum absolute atomic E-state index is 11.5. The molecule has 1 aromatic rings. The van der Waals surface area contributed by atoms with Gasteiger partial charge in [0.25, 0.3) is 0 Å². The summed E-state index contributed by atoms with van der Waals surface area (Å²) < 4.78 is 18.7. The molecule has 176 valence electrons. The van der Waals surface area contributed by atoms with Crippen molar-refractivity contribution in [2.75, 3.05) is 13.2 Å². The lowest BCUT2D eigenvalue weighted by molar-refractivity contribution is -0.243.